The van der Waals surface area contributed by atoms with Crippen LogP contribution in [0.3, 0.4) is 0 Å². The van der Waals surface area contributed by atoms with Crippen molar-refractivity contribution in [3.8, 4) is 11.1 Å². The fourth-order valence-corrected chi connectivity index (χ4v) is 4.57. The molecule has 0 atom stereocenters. The Morgan fingerprint density at radius 3 is 2.59 bits per heavy atom. The number of rotatable bonds is 4. The quantitative estimate of drug-likeness (QED) is 0.706. The zero-order valence-corrected chi connectivity index (χ0v) is 17.2. The van der Waals surface area contributed by atoms with Gasteiger partial charge in [-0.05, 0) is 55.0 Å². The molecule has 2 aromatic heterocycles. The van der Waals surface area contributed by atoms with Crippen molar-refractivity contribution < 1.29 is 12.8 Å². The summed E-state index contributed by atoms with van der Waals surface area (Å²) >= 11 is 0. The van der Waals surface area contributed by atoms with E-state index in [2.05, 4.69) is 15.3 Å². The summed E-state index contributed by atoms with van der Waals surface area (Å²) in [7, 11) is -3.15. The van der Waals surface area contributed by atoms with E-state index in [0.717, 1.165) is 34.9 Å². The third-order valence-electron chi connectivity index (χ3n) is 5.40. The van der Waals surface area contributed by atoms with Gasteiger partial charge in [-0.1, -0.05) is 0 Å². The molecule has 1 aliphatic heterocycles. The van der Waals surface area contributed by atoms with E-state index in [1.165, 1.54) is 16.6 Å². The Kier molecular flexibility index (Phi) is 5.23. The van der Waals surface area contributed by atoms with Gasteiger partial charge in [0.05, 0.1) is 11.9 Å². The Balaban J connectivity index is 1.66. The molecule has 1 aliphatic rings. The molecule has 1 fully saturated rings. The van der Waals surface area contributed by atoms with Crippen molar-refractivity contribution in [3.05, 3.63) is 54.4 Å². The molecule has 1 N–H and O–H groups in total. The van der Waals surface area contributed by atoms with Gasteiger partial charge in [0.2, 0.25) is 10.0 Å². The molecule has 1 saturated heterocycles. The van der Waals surface area contributed by atoms with E-state index in [-0.39, 0.29) is 11.9 Å². The number of halogens is 1. The second-order valence-electron chi connectivity index (χ2n) is 7.49. The molecular weight excluding hydrogens is 391 g/mol. The van der Waals surface area contributed by atoms with Gasteiger partial charge in [0.25, 0.3) is 0 Å². The summed E-state index contributed by atoms with van der Waals surface area (Å²) < 4.78 is 39.0. The van der Waals surface area contributed by atoms with Crippen molar-refractivity contribution in [2.24, 2.45) is 0 Å². The normalized spacial score (nSPS) is 16.2. The maximum absolute atomic E-state index is 14.0. The Bertz CT molecular complexity index is 1160. The van der Waals surface area contributed by atoms with E-state index in [0.29, 0.717) is 24.3 Å². The lowest BCUT2D eigenvalue weighted by atomic mass is 10.00. The topological polar surface area (TPSA) is 75.2 Å². The molecule has 0 aliphatic carbocycles. The number of hydrogen-bond donors (Lipinski definition) is 1. The van der Waals surface area contributed by atoms with Gasteiger partial charge in [-0.25, -0.2) is 17.1 Å². The Morgan fingerprint density at radius 1 is 1.14 bits per heavy atom. The van der Waals surface area contributed by atoms with Gasteiger partial charge in [0.15, 0.2) is 0 Å². The molecule has 0 spiro atoms. The van der Waals surface area contributed by atoms with Crippen molar-refractivity contribution in [1.29, 1.82) is 0 Å². The van der Waals surface area contributed by atoms with Crippen LogP contribution >= 0.6 is 0 Å². The van der Waals surface area contributed by atoms with Gasteiger partial charge in [-0.2, -0.15) is 0 Å². The molecule has 29 heavy (non-hydrogen) atoms. The third-order valence-corrected chi connectivity index (χ3v) is 6.70. The average Bonchev–Trinajstić information content (AvgIpc) is 2.70. The lowest BCUT2D eigenvalue weighted by Gasteiger charge is -2.31. The molecule has 0 bridgehead atoms. The predicted molar refractivity (Wildman–Crippen MR) is 113 cm³/mol. The van der Waals surface area contributed by atoms with Gasteiger partial charge < -0.3 is 5.32 Å². The highest BCUT2D eigenvalue weighted by molar-refractivity contribution is 7.88. The largest absolute Gasteiger partial charge is 0.382 e. The zero-order valence-electron chi connectivity index (χ0n) is 16.4. The molecular formula is C21H23FN4O2S. The minimum absolute atomic E-state index is 0.152. The van der Waals surface area contributed by atoms with Crippen LogP contribution in [0.1, 0.15) is 18.5 Å². The molecule has 0 saturated carbocycles. The number of anilines is 1. The van der Waals surface area contributed by atoms with Crippen molar-refractivity contribution in [3.63, 3.8) is 0 Å². The van der Waals surface area contributed by atoms with Gasteiger partial charge >= 0.3 is 0 Å². The molecule has 3 aromatic rings. The average molecular weight is 415 g/mol. The number of fused-ring (bicyclic) bond motifs is 1. The highest BCUT2D eigenvalue weighted by Gasteiger charge is 2.25. The van der Waals surface area contributed by atoms with Gasteiger partial charge in [0.1, 0.15) is 5.82 Å². The minimum Gasteiger partial charge on any atom is -0.382 e. The Labute approximate surface area is 169 Å². The van der Waals surface area contributed by atoms with Crippen LogP contribution in [0.15, 0.2) is 42.9 Å². The standard InChI is InChI=1S/C21H23FN4O2S/c1-14-20(22)10-17(12-24-14)16-9-15-3-6-23-13-19(15)21(11-16)25-18-4-7-26(8-5-18)29(2,27)28/h3,6,9-13,18,25H,4-5,7-8H2,1-2H3. The number of benzene rings is 1. The summed E-state index contributed by atoms with van der Waals surface area (Å²) in [4.78, 5) is 8.38. The second-order valence-corrected chi connectivity index (χ2v) is 9.47. The van der Waals surface area contributed by atoms with E-state index >= 15 is 0 Å². The highest BCUT2D eigenvalue weighted by atomic mass is 32.2. The number of pyridine rings is 2. The van der Waals surface area contributed by atoms with Crippen LogP contribution in [-0.4, -0.2) is 48.1 Å². The number of aromatic nitrogens is 2. The summed E-state index contributed by atoms with van der Waals surface area (Å²) in [6, 6.07) is 7.56. The molecule has 4 rings (SSSR count). The molecule has 0 radical (unpaired) electrons. The summed E-state index contributed by atoms with van der Waals surface area (Å²) in [6.45, 7) is 2.64. The molecule has 1 aromatic carbocycles. The molecule has 0 amide bonds. The van der Waals surface area contributed by atoms with Crippen LogP contribution in [0.25, 0.3) is 21.9 Å². The van der Waals surface area contributed by atoms with Crippen LogP contribution < -0.4 is 5.32 Å². The number of sulfonamides is 1. The van der Waals surface area contributed by atoms with E-state index < -0.39 is 10.0 Å². The number of aryl methyl sites for hydroxylation is 1. The lowest BCUT2D eigenvalue weighted by Crippen LogP contribution is -2.41. The fourth-order valence-electron chi connectivity index (χ4n) is 3.70. The molecule has 6 nitrogen and oxygen atoms in total. The van der Waals surface area contributed by atoms with Crippen LogP contribution in [0.5, 0.6) is 0 Å². The molecule has 8 heteroatoms. The summed E-state index contributed by atoms with van der Waals surface area (Å²) in [5, 5.41) is 5.53. The summed E-state index contributed by atoms with van der Waals surface area (Å²) in [6.07, 6.45) is 7.91. The fraction of sp³-hybridized carbons (Fsp3) is 0.333. The van der Waals surface area contributed by atoms with Crippen molar-refractivity contribution >= 4 is 26.5 Å². The van der Waals surface area contributed by atoms with Crippen LogP contribution in [0.2, 0.25) is 0 Å². The maximum Gasteiger partial charge on any atom is 0.211 e. The second kappa shape index (κ2) is 7.68. The first-order valence-electron chi connectivity index (χ1n) is 9.53. The monoisotopic (exact) mass is 414 g/mol. The van der Waals surface area contributed by atoms with Crippen LogP contribution in [-0.2, 0) is 10.0 Å². The Hall–Kier alpha value is -2.58. The van der Waals surface area contributed by atoms with Crippen molar-refractivity contribution in [2.45, 2.75) is 25.8 Å². The third kappa shape index (κ3) is 4.23. The van der Waals surface area contributed by atoms with Crippen LogP contribution in [0, 0.1) is 12.7 Å². The summed E-state index contributed by atoms with van der Waals surface area (Å²) in [5.74, 6) is -0.333. The van der Waals surface area contributed by atoms with Gasteiger partial charge in [0, 0.05) is 54.4 Å². The molecule has 152 valence electrons. The first-order valence-corrected chi connectivity index (χ1v) is 11.4. The van der Waals surface area contributed by atoms with Crippen LogP contribution in [0.4, 0.5) is 10.1 Å². The van der Waals surface area contributed by atoms with Gasteiger partial charge in [-0.15, -0.1) is 0 Å². The molecule has 3 heterocycles. The Morgan fingerprint density at radius 2 is 1.90 bits per heavy atom. The highest BCUT2D eigenvalue weighted by Crippen LogP contribution is 2.32. The first-order chi connectivity index (χ1) is 13.8. The summed E-state index contributed by atoms with van der Waals surface area (Å²) in [5.41, 5.74) is 2.85. The van der Waals surface area contributed by atoms with E-state index in [1.54, 1.807) is 25.5 Å². The number of nitrogens with one attached hydrogen (secondary N) is 1. The van der Waals surface area contributed by atoms with Gasteiger partial charge in [-0.3, -0.25) is 9.97 Å². The first kappa shape index (κ1) is 19.7. The molecule has 0 unspecified atom stereocenters. The SMILES string of the molecule is Cc1ncc(-c2cc(NC3CCN(S(C)(=O)=O)CC3)c3cnccc3c2)cc1F. The smallest absolute Gasteiger partial charge is 0.211 e. The zero-order chi connectivity index (χ0) is 20.6. The van der Waals surface area contributed by atoms with Crippen molar-refractivity contribution in [1.82, 2.24) is 14.3 Å². The van der Waals surface area contributed by atoms with E-state index in [1.807, 2.05) is 18.2 Å². The van der Waals surface area contributed by atoms with E-state index in [4.69, 9.17) is 0 Å². The van der Waals surface area contributed by atoms with Crippen molar-refractivity contribution in [2.75, 3.05) is 24.7 Å². The minimum atomic E-state index is -3.15. The number of hydrogen-bond acceptors (Lipinski definition) is 5. The van der Waals surface area contributed by atoms with E-state index in [9.17, 15) is 12.8 Å². The number of piperidine rings is 1. The lowest BCUT2D eigenvalue weighted by molar-refractivity contribution is 0.332. The number of nitrogens with zero attached hydrogens (tertiary/aromatic N) is 3. The predicted octanol–water partition coefficient (Wildman–Crippen LogP) is 3.58. The maximum atomic E-state index is 14.0.